The van der Waals surface area contributed by atoms with E-state index < -0.39 is 0 Å². The molecule has 0 aliphatic rings. The van der Waals surface area contributed by atoms with Crippen molar-refractivity contribution in [2.75, 3.05) is 18.5 Å². The van der Waals surface area contributed by atoms with E-state index in [9.17, 15) is 4.79 Å². The number of pyridine rings is 1. The fourth-order valence-corrected chi connectivity index (χ4v) is 2.17. The first-order valence-corrected chi connectivity index (χ1v) is 8.33. The minimum Gasteiger partial charge on any atom is -0.492 e. The highest BCUT2D eigenvalue weighted by Gasteiger charge is 2.08. The topological polar surface area (TPSA) is 63.2 Å². The van der Waals surface area contributed by atoms with Crippen LogP contribution >= 0.6 is 0 Å². The van der Waals surface area contributed by atoms with Gasteiger partial charge in [0.1, 0.15) is 11.4 Å². The number of ether oxygens (including phenoxy) is 1. The molecule has 128 valence electrons. The third-order valence-corrected chi connectivity index (χ3v) is 3.47. The number of carbonyl (C=O) groups excluding carboxylic acids is 1. The first-order valence-electron chi connectivity index (χ1n) is 8.33. The van der Waals surface area contributed by atoms with Crippen molar-refractivity contribution in [3.63, 3.8) is 0 Å². The highest BCUT2D eigenvalue weighted by atomic mass is 16.5. The predicted octanol–water partition coefficient (Wildman–Crippen LogP) is 4.00. The molecule has 2 rings (SSSR count). The van der Waals surface area contributed by atoms with E-state index in [2.05, 4.69) is 29.5 Å². The van der Waals surface area contributed by atoms with Crippen molar-refractivity contribution in [3.8, 4) is 5.75 Å². The van der Waals surface area contributed by atoms with Crippen LogP contribution in [0.1, 0.15) is 37.7 Å². The summed E-state index contributed by atoms with van der Waals surface area (Å²) in [6.07, 6.45) is 2.61. The van der Waals surface area contributed by atoms with E-state index in [4.69, 9.17) is 4.74 Å². The summed E-state index contributed by atoms with van der Waals surface area (Å²) in [5.41, 5.74) is 2.10. The standard InChI is InChI=1S/C19H25N3O2/c1-4-24-18-8-6-5-7-16(18)22-15-9-10-17(21-13-15)19(23)20-12-11-14(2)3/h5-10,13-14,22H,4,11-12H2,1-3H3,(H,20,23). The quantitative estimate of drug-likeness (QED) is 0.769. The van der Waals surface area contributed by atoms with E-state index in [1.807, 2.05) is 37.3 Å². The smallest absolute Gasteiger partial charge is 0.269 e. The van der Waals surface area contributed by atoms with Crippen molar-refractivity contribution < 1.29 is 9.53 Å². The molecule has 2 aromatic rings. The van der Waals surface area contributed by atoms with Crippen molar-refractivity contribution >= 4 is 17.3 Å². The number of nitrogens with one attached hydrogen (secondary N) is 2. The first-order chi connectivity index (χ1) is 11.6. The van der Waals surface area contributed by atoms with Gasteiger partial charge in [-0.2, -0.15) is 0 Å². The van der Waals surface area contributed by atoms with Crippen LogP contribution in [-0.4, -0.2) is 24.0 Å². The summed E-state index contributed by atoms with van der Waals surface area (Å²) in [5.74, 6) is 1.21. The lowest BCUT2D eigenvalue weighted by atomic mass is 10.1. The Bertz CT molecular complexity index is 654. The second kappa shape index (κ2) is 8.91. The highest BCUT2D eigenvalue weighted by molar-refractivity contribution is 5.92. The largest absolute Gasteiger partial charge is 0.492 e. The summed E-state index contributed by atoms with van der Waals surface area (Å²) >= 11 is 0. The predicted molar refractivity (Wildman–Crippen MR) is 96.9 cm³/mol. The van der Waals surface area contributed by atoms with Crippen LogP contribution < -0.4 is 15.4 Å². The van der Waals surface area contributed by atoms with Crippen LogP contribution in [0.4, 0.5) is 11.4 Å². The second-order valence-corrected chi connectivity index (χ2v) is 5.92. The molecule has 0 spiro atoms. The van der Waals surface area contributed by atoms with Crippen LogP contribution in [0.25, 0.3) is 0 Å². The summed E-state index contributed by atoms with van der Waals surface area (Å²) in [6, 6.07) is 11.3. The fraction of sp³-hybridized carbons (Fsp3) is 0.368. The number of aromatic nitrogens is 1. The molecule has 24 heavy (non-hydrogen) atoms. The van der Waals surface area contributed by atoms with Crippen LogP contribution in [0.3, 0.4) is 0 Å². The van der Waals surface area contributed by atoms with Crippen LogP contribution in [0.15, 0.2) is 42.6 Å². The summed E-state index contributed by atoms with van der Waals surface area (Å²) in [6.45, 7) is 7.48. The van der Waals surface area contributed by atoms with E-state index in [1.54, 1.807) is 12.3 Å². The molecule has 1 aromatic heterocycles. The molecule has 0 unspecified atom stereocenters. The van der Waals surface area contributed by atoms with Gasteiger partial charge in [0.15, 0.2) is 0 Å². The van der Waals surface area contributed by atoms with E-state index in [0.29, 0.717) is 24.8 Å². The van der Waals surface area contributed by atoms with Gasteiger partial charge < -0.3 is 15.4 Å². The van der Waals surface area contributed by atoms with Crippen LogP contribution in [0.2, 0.25) is 0 Å². The molecular formula is C19H25N3O2. The minimum atomic E-state index is -0.142. The number of hydrogen-bond donors (Lipinski definition) is 2. The summed E-state index contributed by atoms with van der Waals surface area (Å²) in [4.78, 5) is 16.3. The highest BCUT2D eigenvalue weighted by Crippen LogP contribution is 2.27. The molecule has 5 nitrogen and oxygen atoms in total. The van der Waals surface area contributed by atoms with Crippen molar-refractivity contribution in [2.45, 2.75) is 27.2 Å². The molecule has 0 saturated heterocycles. The average molecular weight is 327 g/mol. The minimum absolute atomic E-state index is 0.142. The number of nitrogens with zero attached hydrogens (tertiary/aromatic N) is 1. The van der Waals surface area contributed by atoms with E-state index >= 15 is 0 Å². The Hall–Kier alpha value is -2.56. The maximum atomic E-state index is 12.0. The fourth-order valence-electron chi connectivity index (χ4n) is 2.17. The molecule has 0 saturated carbocycles. The van der Waals surface area contributed by atoms with Gasteiger partial charge in [-0.25, -0.2) is 4.98 Å². The van der Waals surface area contributed by atoms with Gasteiger partial charge in [-0.1, -0.05) is 26.0 Å². The summed E-state index contributed by atoms with van der Waals surface area (Å²) in [7, 11) is 0. The molecule has 0 aliphatic heterocycles. The Balaban J connectivity index is 1.98. The molecule has 2 N–H and O–H groups in total. The van der Waals surface area contributed by atoms with Gasteiger partial charge in [-0.3, -0.25) is 4.79 Å². The van der Waals surface area contributed by atoms with Crippen molar-refractivity contribution in [3.05, 3.63) is 48.3 Å². The lowest BCUT2D eigenvalue weighted by Gasteiger charge is -2.12. The Morgan fingerprint density at radius 2 is 2.00 bits per heavy atom. The monoisotopic (exact) mass is 327 g/mol. The first kappa shape index (κ1) is 17.8. The number of rotatable bonds is 8. The lowest BCUT2D eigenvalue weighted by molar-refractivity contribution is 0.0947. The number of hydrogen-bond acceptors (Lipinski definition) is 4. The van der Waals surface area contributed by atoms with Crippen LogP contribution in [-0.2, 0) is 0 Å². The Kier molecular flexibility index (Phi) is 6.61. The third kappa shape index (κ3) is 5.26. The molecule has 0 bridgehead atoms. The van der Waals surface area contributed by atoms with Crippen molar-refractivity contribution in [1.82, 2.24) is 10.3 Å². The molecule has 0 aliphatic carbocycles. The molecule has 1 amide bonds. The van der Waals surface area contributed by atoms with E-state index in [1.165, 1.54) is 0 Å². The lowest BCUT2D eigenvalue weighted by Crippen LogP contribution is -2.26. The molecule has 0 atom stereocenters. The van der Waals surface area contributed by atoms with Crippen molar-refractivity contribution in [1.29, 1.82) is 0 Å². The number of benzene rings is 1. The van der Waals surface area contributed by atoms with Gasteiger partial charge in [0.2, 0.25) is 0 Å². The normalized spacial score (nSPS) is 10.5. The zero-order valence-corrected chi connectivity index (χ0v) is 14.5. The third-order valence-electron chi connectivity index (χ3n) is 3.47. The SMILES string of the molecule is CCOc1ccccc1Nc1ccc(C(=O)NCCC(C)C)nc1. The second-order valence-electron chi connectivity index (χ2n) is 5.92. The average Bonchev–Trinajstić information content (AvgIpc) is 2.57. The number of para-hydroxylation sites is 2. The van der Waals surface area contributed by atoms with E-state index in [-0.39, 0.29) is 5.91 Å². The summed E-state index contributed by atoms with van der Waals surface area (Å²) in [5, 5.41) is 6.15. The van der Waals surface area contributed by atoms with Gasteiger partial charge in [-0.05, 0) is 43.5 Å². The zero-order chi connectivity index (χ0) is 17.4. The Morgan fingerprint density at radius 1 is 1.21 bits per heavy atom. The number of anilines is 2. The molecule has 5 heteroatoms. The zero-order valence-electron chi connectivity index (χ0n) is 14.5. The Labute approximate surface area is 143 Å². The molecule has 1 heterocycles. The van der Waals surface area contributed by atoms with E-state index in [0.717, 1.165) is 23.5 Å². The van der Waals surface area contributed by atoms with Gasteiger partial charge in [0, 0.05) is 6.54 Å². The van der Waals surface area contributed by atoms with Gasteiger partial charge >= 0.3 is 0 Å². The van der Waals surface area contributed by atoms with Gasteiger partial charge in [-0.15, -0.1) is 0 Å². The van der Waals surface area contributed by atoms with Crippen LogP contribution in [0.5, 0.6) is 5.75 Å². The van der Waals surface area contributed by atoms with Gasteiger partial charge in [0.05, 0.1) is 24.2 Å². The molecule has 0 fully saturated rings. The maximum Gasteiger partial charge on any atom is 0.269 e. The number of carbonyl (C=O) groups is 1. The molecular weight excluding hydrogens is 302 g/mol. The molecule has 0 radical (unpaired) electrons. The van der Waals surface area contributed by atoms with Crippen molar-refractivity contribution in [2.24, 2.45) is 5.92 Å². The summed E-state index contributed by atoms with van der Waals surface area (Å²) < 4.78 is 5.59. The van der Waals surface area contributed by atoms with Crippen LogP contribution in [0, 0.1) is 5.92 Å². The van der Waals surface area contributed by atoms with Gasteiger partial charge in [0.25, 0.3) is 5.91 Å². The Morgan fingerprint density at radius 3 is 2.67 bits per heavy atom. The molecule has 1 aromatic carbocycles. The maximum absolute atomic E-state index is 12.0. The number of amides is 1.